The number of hydrogen-bond acceptors (Lipinski definition) is 7. The second-order valence-electron chi connectivity index (χ2n) is 10.3. The predicted octanol–water partition coefficient (Wildman–Crippen LogP) is 4.57. The van der Waals surface area contributed by atoms with E-state index in [2.05, 4.69) is 9.97 Å². The van der Waals surface area contributed by atoms with E-state index in [0.717, 1.165) is 23.1 Å². The third kappa shape index (κ3) is 5.69. The van der Waals surface area contributed by atoms with Crippen LogP contribution in [0.2, 0.25) is 0 Å². The normalized spacial score (nSPS) is 13.5. The first-order valence-electron chi connectivity index (χ1n) is 14.2. The molecule has 11 heteroatoms. The van der Waals surface area contributed by atoms with E-state index in [1.165, 1.54) is 16.4 Å². The minimum atomic E-state index is -3.89. The van der Waals surface area contributed by atoms with Gasteiger partial charge < -0.3 is 20.0 Å². The van der Waals surface area contributed by atoms with Crippen molar-refractivity contribution < 1.29 is 13.2 Å². The van der Waals surface area contributed by atoms with Crippen molar-refractivity contribution >= 4 is 32.0 Å². The Balaban J connectivity index is 1.40. The van der Waals surface area contributed by atoms with Crippen LogP contribution in [-0.2, 0) is 16.6 Å². The van der Waals surface area contributed by atoms with Crippen molar-refractivity contribution in [1.82, 2.24) is 23.8 Å². The zero-order valence-electron chi connectivity index (χ0n) is 23.7. The maximum Gasteiger partial charge on any atom is 0.264 e. The molecule has 0 saturated carbocycles. The van der Waals surface area contributed by atoms with E-state index in [0.29, 0.717) is 53.8 Å². The lowest BCUT2D eigenvalue weighted by Gasteiger charge is -2.23. The molecule has 220 valence electrons. The van der Waals surface area contributed by atoms with Crippen molar-refractivity contribution in [3.8, 4) is 17.1 Å². The highest BCUT2D eigenvalue weighted by molar-refractivity contribution is 7.89. The van der Waals surface area contributed by atoms with E-state index in [9.17, 15) is 13.2 Å². The van der Waals surface area contributed by atoms with Gasteiger partial charge >= 0.3 is 0 Å². The van der Waals surface area contributed by atoms with Gasteiger partial charge in [-0.3, -0.25) is 9.10 Å². The number of aromatic nitrogens is 4. The number of allylic oxidation sites excluding steroid dienone is 1. The molecule has 3 heterocycles. The lowest BCUT2D eigenvalue weighted by atomic mass is 10.1. The lowest BCUT2D eigenvalue weighted by molar-refractivity contribution is 0.318. The standard InChI is InChI=1S/C32H32N6O4S/c1-2-16-42-30-9-8-24(43(40,41)38-14-11-22(10-13-33)12-15-38)17-26(30)31-35-27-19-28-29(18-25(27)32(39)36-31)37(21-34-28)20-23-6-4-3-5-7-23/h3-9,11-12,14,17-19,21H,2,10,13,15-16,20,33H2,1H3,(H,35,36,39). The fourth-order valence-corrected chi connectivity index (χ4v) is 6.37. The monoisotopic (exact) mass is 596 g/mol. The van der Waals surface area contributed by atoms with Crippen molar-refractivity contribution in [1.29, 1.82) is 0 Å². The van der Waals surface area contributed by atoms with Crippen molar-refractivity contribution in [3.05, 3.63) is 107 Å². The van der Waals surface area contributed by atoms with Crippen LogP contribution >= 0.6 is 0 Å². The molecule has 0 bridgehead atoms. The van der Waals surface area contributed by atoms with Crippen molar-refractivity contribution in [2.45, 2.75) is 31.2 Å². The molecule has 0 saturated heterocycles. The fourth-order valence-electron chi connectivity index (χ4n) is 5.10. The number of H-pyrrole nitrogens is 1. The van der Waals surface area contributed by atoms with E-state index in [1.807, 2.05) is 47.9 Å². The molecule has 0 atom stereocenters. The molecule has 0 radical (unpaired) electrons. The van der Waals surface area contributed by atoms with Gasteiger partial charge in [0.25, 0.3) is 15.6 Å². The number of ether oxygens (including phenoxy) is 1. The molecule has 3 N–H and O–H groups in total. The quantitative estimate of drug-likeness (QED) is 0.241. The zero-order valence-corrected chi connectivity index (χ0v) is 24.5. The number of nitrogens with two attached hydrogens (primary N) is 1. The molecule has 1 aliphatic rings. The van der Waals surface area contributed by atoms with Crippen LogP contribution in [0.5, 0.6) is 5.75 Å². The van der Waals surface area contributed by atoms with Gasteiger partial charge in [0.1, 0.15) is 11.6 Å². The summed E-state index contributed by atoms with van der Waals surface area (Å²) in [6, 6.07) is 18.2. The summed E-state index contributed by atoms with van der Waals surface area (Å²) >= 11 is 0. The molecule has 3 aromatic carbocycles. The Bertz CT molecular complexity index is 2030. The highest BCUT2D eigenvalue weighted by atomic mass is 32.2. The molecule has 0 fully saturated rings. The molecule has 5 aromatic rings. The van der Waals surface area contributed by atoms with Crippen LogP contribution < -0.4 is 16.0 Å². The molecule has 0 unspecified atom stereocenters. The molecule has 43 heavy (non-hydrogen) atoms. The first kappa shape index (κ1) is 28.4. The summed E-state index contributed by atoms with van der Waals surface area (Å²) in [6.07, 6.45) is 8.35. The van der Waals surface area contributed by atoms with E-state index in [-0.39, 0.29) is 22.8 Å². The molecule has 2 aromatic heterocycles. The number of aromatic amines is 1. The number of nitrogens with one attached hydrogen (secondary N) is 1. The van der Waals surface area contributed by atoms with Crippen molar-refractivity contribution in [2.75, 3.05) is 19.7 Å². The van der Waals surface area contributed by atoms with Gasteiger partial charge in [0.05, 0.1) is 51.9 Å². The molecule has 1 aliphatic heterocycles. The number of fused-ring (bicyclic) bond motifs is 2. The van der Waals surface area contributed by atoms with Crippen LogP contribution in [0, 0.1) is 0 Å². The van der Waals surface area contributed by atoms with Gasteiger partial charge in [-0.25, -0.2) is 18.4 Å². The highest BCUT2D eigenvalue weighted by Crippen LogP contribution is 2.33. The molecule has 10 nitrogen and oxygen atoms in total. The first-order chi connectivity index (χ1) is 20.9. The number of imidazole rings is 1. The zero-order chi connectivity index (χ0) is 30.0. The molecular formula is C32H32N6O4S. The summed E-state index contributed by atoms with van der Waals surface area (Å²) in [5.41, 5.74) is 9.74. The average Bonchev–Trinajstić information content (AvgIpc) is 3.41. The summed E-state index contributed by atoms with van der Waals surface area (Å²) in [4.78, 5) is 25.7. The van der Waals surface area contributed by atoms with Gasteiger partial charge in [0, 0.05) is 12.7 Å². The number of benzene rings is 3. The third-order valence-corrected chi connectivity index (χ3v) is 9.08. The maximum absolute atomic E-state index is 13.6. The Morgan fingerprint density at radius 1 is 1.07 bits per heavy atom. The van der Waals surface area contributed by atoms with Gasteiger partial charge in [-0.05, 0) is 66.9 Å². The van der Waals surface area contributed by atoms with Gasteiger partial charge in [0.15, 0.2) is 0 Å². The topological polar surface area (TPSA) is 136 Å². The molecular weight excluding hydrogens is 564 g/mol. The van der Waals surface area contributed by atoms with Gasteiger partial charge in [-0.15, -0.1) is 0 Å². The van der Waals surface area contributed by atoms with Crippen LogP contribution in [-0.4, -0.2) is 51.9 Å². The van der Waals surface area contributed by atoms with E-state index in [1.54, 1.807) is 36.8 Å². The third-order valence-electron chi connectivity index (χ3n) is 7.34. The molecule has 0 amide bonds. The Labute approximate surface area is 249 Å². The fraction of sp³-hybridized carbons (Fsp3) is 0.219. The molecule has 6 rings (SSSR count). The predicted molar refractivity (Wildman–Crippen MR) is 167 cm³/mol. The first-order valence-corrected chi connectivity index (χ1v) is 15.6. The Hall–Kier alpha value is -4.74. The second kappa shape index (κ2) is 11.9. The molecule has 0 aliphatic carbocycles. The van der Waals surface area contributed by atoms with Crippen molar-refractivity contribution in [3.63, 3.8) is 0 Å². The van der Waals surface area contributed by atoms with Crippen molar-refractivity contribution in [2.24, 2.45) is 5.73 Å². The minimum absolute atomic E-state index is 0.0597. The smallest absolute Gasteiger partial charge is 0.264 e. The van der Waals surface area contributed by atoms with E-state index < -0.39 is 10.0 Å². The van der Waals surface area contributed by atoms with Crippen LogP contribution in [0.4, 0.5) is 0 Å². The van der Waals surface area contributed by atoms with Crippen LogP contribution in [0.3, 0.4) is 0 Å². The summed E-state index contributed by atoms with van der Waals surface area (Å²) in [5, 5.41) is 0.407. The van der Waals surface area contributed by atoms with Crippen LogP contribution in [0.1, 0.15) is 25.3 Å². The lowest BCUT2D eigenvalue weighted by Crippen LogP contribution is -2.28. The van der Waals surface area contributed by atoms with E-state index >= 15 is 0 Å². The Morgan fingerprint density at radius 3 is 2.65 bits per heavy atom. The minimum Gasteiger partial charge on any atom is -0.493 e. The Kier molecular flexibility index (Phi) is 7.83. The summed E-state index contributed by atoms with van der Waals surface area (Å²) in [7, 11) is -3.89. The average molecular weight is 597 g/mol. The Morgan fingerprint density at radius 2 is 1.91 bits per heavy atom. The second-order valence-corrected chi connectivity index (χ2v) is 12.2. The molecule has 0 spiro atoms. The summed E-state index contributed by atoms with van der Waals surface area (Å²) < 4.78 is 36.4. The summed E-state index contributed by atoms with van der Waals surface area (Å²) in [5.74, 6) is 0.638. The number of rotatable bonds is 10. The van der Waals surface area contributed by atoms with Crippen LogP contribution in [0.25, 0.3) is 33.3 Å². The maximum atomic E-state index is 13.6. The van der Waals surface area contributed by atoms with Gasteiger partial charge in [-0.1, -0.05) is 43.3 Å². The number of hydrogen-bond donors (Lipinski definition) is 2. The SMILES string of the molecule is CCCOc1ccc(S(=O)(=O)N2C=CC(CCN)=CC2)cc1-c1nc2cc3ncn(Cc4ccccc4)c3cc2c(=O)[nH]1. The van der Waals surface area contributed by atoms with E-state index in [4.69, 9.17) is 15.5 Å². The summed E-state index contributed by atoms with van der Waals surface area (Å²) in [6.45, 7) is 3.70. The van der Waals surface area contributed by atoms with Gasteiger partial charge in [0.2, 0.25) is 0 Å². The number of sulfonamides is 1. The highest BCUT2D eigenvalue weighted by Gasteiger charge is 2.25. The largest absolute Gasteiger partial charge is 0.493 e. The number of nitrogens with zero attached hydrogens (tertiary/aromatic N) is 4. The van der Waals surface area contributed by atoms with Gasteiger partial charge in [-0.2, -0.15) is 0 Å². The van der Waals surface area contributed by atoms with Crippen LogP contribution in [0.15, 0.2) is 101 Å².